The zero-order valence-corrected chi connectivity index (χ0v) is 18.3. The van der Waals surface area contributed by atoms with Gasteiger partial charge in [-0.3, -0.25) is 9.59 Å². The predicted octanol–water partition coefficient (Wildman–Crippen LogP) is 2.30. The molecular formula is C21H31N3O4S. The van der Waals surface area contributed by atoms with Crippen LogP contribution in [-0.2, 0) is 26.0 Å². The molecule has 2 aliphatic rings. The van der Waals surface area contributed by atoms with Crippen LogP contribution in [0.15, 0.2) is 23.1 Å². The molecule has 0 radical (unpaired) electrons. The number of sulfonamides is 1. The van der Waals surface area contributed by atoms with E-state index in [2.05, 4.69) is 12.2 Å². The Morgan fingerprint density at radius 3 is 2.59 bits per heavy atom. The standard InChI is InChI=1S/C21H31N3O4S/c1-4-16(3)22-20(25)14-24-19-7-6-18(13-17(19)5-8-21(24)26)29(27,28)23-11-9-15(2)10-12-23/h6-7,13,15-16H,4-5,8-12,14H2,1-3H3,(H,22,25)/t16-/m1/s1. The fraction of sp³-hybridized carbons (Fsp3) is 0.619. The fourth-order valence-electron chi connectivity index (χ4n) is 3.81. The predicted molar refractivity (Wildman–Crippen MR) is 112 cm³/mol. The van der Waals surface area contributed by atoms with Crippen molar-refractivity contribution in [2.24, 2.45) is 5.92 Å². The first-order chi connectivity index (χ1) is 13.7. The van der Waals surface area contributed by atoms with Crippen LogP contribution >= 0.6 is 0 Å². The largest absolute Gasteiger partial charge is 0.352 e. The molecule has 3 rings (SSSR count). The summed E-state index contributed by atoms with van der Waals surface area (Å²) in [5.41, 5.74) is 1.43. The minimum absolute atomic E-state index is 0.0432. The molecule has 1 aromatic carbocycles. The Morgan fingerprint density at radius 2 is 1.93 bits per heavy atom. The van der Waals surface area contributed by atoms with Gasteiger partial charge in [-0.15, -0.1) is 0 Å². The molecule has 7 nitrogen and oxygen atoms in total. The second kappa shape index (κ2) is 8.83. The Hall–Kier alpha value is -1.93. The van der Waals surface area contributed by atoms with Crippen LogP contribution < -0.4 is 10.2 Å². The Kier molecular flexibility index (Phi) is 6.63. The van der Waals surface area contributed by atoms with Crippen LogP contribution in [0, 0.1) is 5.92 Å². The summed E-state index contributed by atoms with van der Waals surface area (Å²) in [4.78, 5) is 26.5. The number of amides is 2. The van der Waals surface area contributed by atoms with E-state index in [1.54, 1.807) is 22.5 Å². The Bertz CT molecular complexity index is 876. The van der Waals surface area contributed by atoms with E-state index in [4.69, 9.17) is 0 Å². The summed E-state index contributed by atoms with van der Waals surface area (Å²) in [5, 5.41) is 2.88. The summed E-state index contributed by atoms with van der Waals surface area (Å²) in [6.45, 7) is 7.08. The summed E-state index contributed by atoms with van der Waals surface area (Å²) < 4.78 is 27.6. The van der Waals surface area contributed by atoms with Crippen molar-refractivity contribution in [1.82, 2.24) is 9.62 Å². The molecule has 8 heteroatoms. The van der Waals surface area contributed by atoms with Crippen LogP contribution in [0.2, 0.25) is 0 Å². The molecule has 29 heavy (non-hydrogen) atoms. The Labute approximate surface area is 173 Å². The average molecular weight is 422 g/mol. The van der Waals surface area contributed by atoms with Crippen molar-refractivity contribution in [3.05, 3.63) is 23.8 Å². The number of nitrogens with zero attached hydrogens (tertiary/aromatic N) is 2. The van der Waals surface area contributed by atoms with E-state index < -0.39 is 10.0 Å². The Morgan fingerprint density at radius 1 is 1.24 bits per heavy atom. The van der Waals surface area contributed by atoms with Crippen molar-refractivity contribution in [3.63, 3.8) is 0 Å². The van der Waals surface area contributed by atoms with Crippen LogP contribution in [0.3, 0.4) is 0 Å². The molecule has 0 unspecified atom stereocenters. The highest BCUT2D eigenvalue weighted by molar-refractivity contribution is 7.89. The minimum atomic E-state index is -3.54. The smallest absolute Gasteiger partial charge is 0.243 e. The van der Waals surface area contributed by atoms with Gasteiger partial charge in [-0.25, -0.2) is 8.42 Å². The van der Waals surface area contributed by atoms with Crippen molar-refractivity contribution in [1.29, 1.82) is 0 Å². The maximum atomic E-state index is 13.0. The number of anilines is 1. The van der Waals surface area contributed by atoms with Gasteiger partial charge in [-0.1, -0.05) is 13.8 Å². The molecule has 2 aliphatic heterocycles. The van der Waals surface area contributed by atoms with Crippen molar-refractivity contribution in [2.75, 3.05) is 24.5 Å². The lowest BCUT2D eigenvalue weighted by molar-refractivity contribution is -0.124. The third kappa shape index (κ3) is 4.80. The molecule has 160 valence electrons. The molecule has 0 saturated carbocycles. The molecule has 1 atom stereocenters. The first-order valence-electron chi connectivity index (χ1n) is 10.4. The number of aryl methyl sites for hydroxylation is 1. The molecule has 2 heterocycles. The number of rotatable bonds is 6. The lowest BCUT2D eigenvalue weighted by Crippen LogP contribution is -2.45. The van der Waals surface area contributed by atoms with E-state index >= 15 is 0 Å². The second-order valence-corrected chi connectivity index (χ2v) is 10.2. The van der Waals surface area contributed by atoms with Crippen molar-refractivity contribution < 1.29 is 18.0 Å². The van der Waals surface area contributed by atoms with Crippen molar-refractivity contribution >= 4 is 27.5 Å². The average Bonchev–Trinajstić information content (AvgIpc) is 2.70. The second-order valence-electron chi connectivity index (χ2n) is 8.23. The molecule has 1 fully saturated rings. The van der Waals surface area contributed by atoms with E-state index in [1.807, 2.05) is 13.8 Å². The zero-order chi connectivity index (χ0) is 21.2. The first kappa shape index (κ1) is 21.8. The van der Waals surface area contributed by atoms with Gasteiger partial charge in [0.1, 0.15) is 6.54 Å². The number of hydrogen-bond donors (Lipinski definition) is 1. The third-order valence-electron chi connectivity index (χ3n) is 5.95. The van der Waals surface area contributed by atoms with E-state index in [9.17, 15) is 18.0 Å². The molecule has 1 saturated heterocycles. The van der Waals surface area contributed by atoms with Gasteiger partial charge in [0.15, 0.2) is 0 Å². The summed E-state index contributed by atoms with van der Waals surface area (Å²) in [6.07, 6.45) is 3.31. The zero-order valence-electron chi connectivity index (χ0n) is 17.5. The number of carbonyl (C=O) groups is 2. The van der Waals surface area contributed by atoms with Gasteiger partial charge in [-0.05, 0) is 62.3 Å². The molecule has 0 aromatic heterocycles. The number of nitrogens with one attached hydrogen (secondary N) is 1. The SMILES string of the molecule is CC[C@@H](C)NC(=O)CN1C(=O)CCc2cc(S(=O)(=O)N3CCC(C)CC3)ccc21. The topological polar surface area (TPSA) is 86.8 Å². The lowest BCUT2D eigenvalue weighted by atomic mass is 10.0. The van der Waals surface area contributed by atoms with Gasteiger partial charge in [0.05, 0.1) is 4.90 Å². The number of piperidine rings is 1. The third-order valence-corrected chi connectivity index (χ3v) is 7.85. The Balaban J connectivity index is 1.81. The van der Waals surface area contributed by atoms with Crippen LogP contribution in [-0.4, -0.2) is 50.2 Å². The molecule has 1 N–H and O–H groups in total. The van der Waals surface area contributed by atoms with Crippen LogP contribution in [0.5, 0.6) is 0 Å². The lowest BCUT2D eigenvalue weighted by Gasteiger charge is -2.31. The molecule has 0 aliphatic carbocycles. The normalized spacial score (nSPS) is 19.7. The van der Waals surface area contributed by atoms with Crippen LogP contribution in [0.1, 0.15) is 52.0 Å². The van der Waals surface area contributed by atoms with Gasteiger partial charge < -0.3 is 10.2 Å². The summed E-state index contributed by atoms with van der Waals surface area (Å²) in [7, 11) is -3.54. The van der Waals surface area contributed by atoms with Crippen LogP contribution in [0.4, 0.5) is 5.69 Å². The summed E-state index contributed by atoms with van der Waals surface area (Å²) >= 11 is 0. The molecule has 0 spiro atoms. The number of benzene rings is 1. The molecule has 0 bridgehead atoms. The highest BCUT2D eigenvalue weighted by Gasteiger charge is 2.31. The van der Waals surface area contributed by atoms with E-state index in [0.717, 1.165) is 24.8 Å². The highest BCUT2D eigenvalue weighted by Crippen LogP contribution is 2.32. The quantitative estimate of drug-likeness (QED) is 0.764. The maximum Gasteiger partial charge on any atom is 0.243 e. The number of fused-ring (bicyclic) bond motifs is 1. The number of carbonyl (C=O) groups excluding carboxylic acids is 2. The minimum Gasteiger partial charge on any atom is -0.352 e. The van der Waals surface area contributed by atoms with Gasteiger partial charge in [0, 0.05) is 31.2 Å². The fourth-order valence-corrected chi connectivity index (χ4v) is 5.33. The van der Waals surface area contributed by atoms with E-state index in [-0.39, 0.29) is 35.7 Å². The van der Waals surface area contributed by atoms with Crippen molar-refractivity contribution in [3.8, 4) is 0 Å². The van der Waals surface area contributed by atoms with Gasteiger partial charge in [0.25, 0.3) is 0 Å². The van der Waals surface area contributed by atoms with Gasteiger partial charge in [0.2, 0.25) is 21.8 Å². The van der Waals surface area contributed by atoms with E-state index in [0.29, 0.717) is 31.1 Å². The van der Waals surface area contributed by atoms with Gasteiger partial charge in [-0.2, -0.15) is 4.31 Å². The summed E-state index contributed by atoms with van der Waals surface area (Å²) in [5.74, 6) is 0.225. The molecule has 1 aromatic rings. The molecule has 2 amide bonds. The van der Waals surface area contributed by atoms with E-state index in [1.165, 1.54) is 4.90 Å². The van der Waals surface area contributed by atoms with Gasteiger partial charge >= 0.3 is 0 Å². The first-order valence-corrected chi connectivity index (χ1v) is 11.9. The van der Waals surface area contributed by atoms with Crippen LogP contribution in [0.25, 0.3) is 0 Å². The molecular weight excluding hydrogens is 390 g/mol. The maximum absolute atomic E-state index is 13.0. The summed E-state index contributed by atoms with van der Waals surface area (Å²) in [6, 6.07) is 4.95. The number of hydrogen-bond acceptors (Lipinski definition) is 4. The highest BCUT2D eigenvalue weighted by atomic mass is 32.2. The monoisotopic (exact) mass is 421 g/mol. The van der Waals surface area contributed by atoms with Crippen molar-refractivity contribution in [2.45, 2.75) is 63.8 Å².